The molecule has 2 aliphatic heterocycles. The normalized spacial score (nSPS) is 20.6. The van der Waals surface area contributed by atoms with Crippen molar-refractivity contribution in [2.24, 2.45) is 4.99 Å². The van der Waals surface area contributed by atoms with Gasteiger partial charge in [-0.1, -0.05) is 37.3 Å². The summed E-state index contributed by atoms with van der Waals surface area (Å²) in [4.78, 5) is 5.13. The predicted molar refractivity (Wildman–Crippen MR) is 107 cm³/mol. The van der Waals surface area contributed by atoms with Crippen molar-refractivity contribution < 1.29 is 12.9 Å². The van der Waals surface area contributed by atoms with Gasteiger partial charge in [-0.05, 0) is 42.3 Å². The van der Waals surface area contributed by atoms with Crippen molar-refractivity contribution in [3.8, 4) is 0 Å². The van der Waals surface area contributed by atoms with Crippen LogP contribution in [-0.2, 0) is 22.8 Å². The Labute approximate surface area is 160 Å². The first kappa shape index (κ1) is 17.6. The number of fused-ring (bicyclic) bond motifs is 1. The molecule has 0 bridgehead atoms. The highest BCUT2D eigenvalue weighted by atomic mass is 32.2. The summed E-state index contributed by atoms with van der Waals surface area (Å²) < 4.78 is 26.6. The average molecular weight is 377 g/mol. The van der Waals surface area contributed by atoms with Gasteiger partial charge < -0.3 is 0 Å². The fourth-order valence-corrected chi connectivity index (χ4v) is 5.08. The molecule has 0 radical (unpaired) electrons. The van der Waals surface area contributed by atoms with Crippen LogP contribution in [0, 0.1) is 0 Å². The Kier molecular flexibility index (Phi) is 4.42. The Balaban J connectivity index is 1.63. The Morgan fingerprint density at radius 3 is 2.52 bits per heavy atom. The van der Waals surface area contributed by atoms with Crippen molar-refractivity contribution in [1.82, 2.24) is 0 Å². The minimum absolute atomic E-state index is 0.326. The quantitative estimate of drug-likeness (QED) is 0.727. The van der Waals surface area contributed by atoms with Gasteiger partial charge in [0.2, 0.25) is 15.7 Å². The summed E-state index contributed by atoms with van der Waals surface area (Å²) in [6.45, 7) is 2.66. The smallest absolute Gasteiger partial charge is 0.219 e. The summed E-state index contributed by atoms with van der Waals surface area (Å²) in [6, 6.07) is 14.4. The lowest BCUT2D eigenvalue weighted by Gasteiger charge is -2.28. The van der Waals surface area contributed by atoms with Crippen molar-refractivity contribution in [3.63, 3.8) is 0 Å². The first-order valence-corrected chi connectivity index (χ1v) is 10.4. The van der Waals surface area contributed by atoms with E-state index in [0.717, 1.165) is 17.0 Å². The van der Waals surface area contributed by atoms with Crippen LogP contribution < -0.4 is 0 Å². The van der Waals surface area contributed by atoms with Crippen LogP contribution in [0.1, 0.15) is 18.1 Å². The summed E-state index contributed by atoms with van der Waals surface area (Å²) >= 11 is 0. The van der Waals surface area contributed by atoms with Crippen LogP contribution in [0.5, 0.6) is 0 Å². The Bertz CT molecular complexity index is 1090. The van der Waals surface area contributed by atoms with Crippen LogP contribution in [-0.4, -0.2) is 18.7 Å². The zero-order valence-corrected chi connectivity index (χ0v) is 15.9. The lowest BCUT2D eigenvalue weighted by molar-refractivity contribution is -0.743. The lowest BCUT2D eigenvalue weighted by atomic mass is 10.1. The zero-order valence-electron chi connectivity index (χ0n) is 15.1. The summed E-state index contributed by atoms with van der Waals surface area (Å²) in [5, 5.41) is 0. The number of benzene rings is 2. The molecule has 5 heteroatoms. The second kappa shape index (κ2) is 6.76. The monoisotopic (exact) mass is 377 g/mol. The first-order valence-electron chi connectivity index (χ1n) is 8.96. The van der Waals surface area contributed by atoms with Crippen LogP contribution in [0.25, 0.3) is 0 Å². The van der Waals surface area contributed by atoms with Gasteiger partial charge in [-0.25, -0.2) is 12.9 Å². The fraction of sp³-hybridized carbons (Fsp3) is 0.136. The summed E-state index contributed by atoms with van der Waals surface area (Å²) in [7, 11) is -3.52. The van der Waals surface area contributed by atoms with Gasteiger partial charge in [0.1, 0.15) is 18.9 Å². The number of hydrogen-bond acceptors (Lipinski definition) is 3. The van der Waals surface area contributed by atoms with Gasteiger partial charge in [-0.2, -0.15) is 4.99 Å². The maximum atomic E-state index is 13.0. The van der Waals surface area contributed by atoms with E-state index in [0.29, 0.717) is 27.2 Å². The van der Waals surface area contributed by atoms with Crippen LogP contribution >= 0.6 is 0 Å². The number of sulfone groups is 1. The summed E-state index contributed by atoms with van der Waals surface area (Å²) in [5.41, 5.74) is 1.89. The van der Waals surface area contributed by atoms with E-state index in [1.807, 2.05) is 61.8 Å². The first-order chi connectivity index (χ1) is 13.0. The third kappa shape index (κ3) is 3.09. The van der Waals surface area contributed by atoms with Crippen LogP contribution in [0.15, 0.2) is 100 Å². The number of allylic oxidation sites excluding steroid dienone is 2. The molecule has 0 aromatic heterocycles. The maximum Gasteiger partial charge on any atom is 0.237 e. The Hall–Kier alpha value is -2.76. The minimum Gasteiger partial charge on any atom is -0.219 e. The van der Waals surface area contributed by atoms with E-state index in [2.05, 4.69) is 11.2 Å². The van der Waals surface area contributed by atoms with E-state index in [1.165, 1.54) is 0 Å². The van der Waals surface area contributed by atoms with E-state index in [1.54, 1.807) is 24.3 Å². The molecular weight excluding hydrogens is 356 g/mol. The molecule has 136 valence electrons. The molecule has 0 fully saturated rings. The zero-order chi connectivity index (χ0) is 18.9. The predicted octanol–water partition coefficient (Wildman–Crippen LogP) is 4.37. The van der Waals surface area contributed by atoms with Gasteiger partial charge in [0.15, 0.2) is 0 Å². The minimum atomic E-state index is -3.52. The number of rotatable bonds is 5. The van der Waals surface area contributed by atoms with E-state index in [-0.39, 0.29) is 0 Å². The number of nitrogens with zero attached hydrogens (tertiary/aromatic N) is 2. The molecule has 0 saturated carbocycles. The van der Waals surface area contributed by atoms with Crippen molar-refractivity contribution in [2.45, 2.75) is 29.7 Å². The lowest BCUT2D eigenvalue weighted by Crippen LogP contribution is -2.40. The SMILES string of the molecule is CCc1ccccc1S(=O)(=O)c1ccc(C[N+]23C=CC=CC2=NC=C3)cc1. The molecule has 2 aliphatic rings. The highest BCUT2D eigenvalue weighted by molar-refractivity contribution is 7.91. The topological polar surface area (TPSA) is 46.5 Å². The number of aryl methyl sites for hydroxylation is 1. The number of aliphatic imine (C=N–C) groups is 1. The molecule has 1 atom stereocenters. The maximum absolute atomic E-state index is 13.0. The van der Waals surface area contributed by atoms with Crippen molar-refractivity contribution >= 4 is 15.7 Å². The van der Waals surface area contributed by atoms with E-state index in [9.17, 15) is 8.42 Å². The number of quaternary nitrogens is 1. The van der Waals surface area contributed by atoms with Gasteiger partial charge in [-0.15, -0.1) is 0 Å². The average Bonchev–Trinajstić information content (AvgIpc) is 3.11. The Morgan fingerprint density at radius 2 is 1.74 bits per heavy atom. The summed E-state index contributed by atoms with van der Waals surface area (Å²) in [6.07, 6.45) is 12.6. The van der Waals surface area contributed by atoms with Gasteiger partial charge in [0.25, 0.3) is 0 Å². The second-order valence-electron chi connectivity index (χ2n) is 6.68. The van der Waals surface area contributed by atoms with Crippen LogP contribution in [0.3, 0.4) is 0 Å². The number of amidine groups is 1. The highest BCUT2D eigenvalue weighted by Crippen LogP contribution is 2.28. The van der Waals surface area contributed by atoms with Crippen molar-refractivity contribution in [1.29, 1.82) is 0 Å². The summed E-state index contributed by atoms with van der Waals surface area (Å²) in [5.74, 6) is 0.964. The standard InChI is InChI=1S/C22H21N2O2S/c1-2-19-7-3-4-8-21(19)27(25,26)20-12-10-18(11-13-20)17-24-15-6-5-9-22(24)23-14-16-24/h3-16H,2,17H2,1H3/q+1. The largest absolute Gasteiger partial charge is 0.237 e. The third-order valence-electron chi connectivity index (χ3n) is 5.00. The van der Waals surface area contributed by atoms with E-state index < -0.39 is 9.84 Å². The van der Waals surface area contributed by atoms with Crippen LogP contribution in [0.4, 0.5) is 0 Å². The molecule has 2 aromatic rings. The van der Waals surface area contributed by atoms with Crippen molar-refractivity contribution in [2.75, 3.05) is 0 Å². The van der Waals surface area contributed by atoms with Gasteiger partial charge in [-0.3, -0.25) is 0 Å². The van der Waals surface area contributed by atoms with E-state index in [4.69, 9.17) is 0 Å². The third-order valence-corrected chi connectivity index (χ3v) is 6.87. The molecule has 2 aromatic carbocycles. The van der Waals surface area contributed by atoms with E-state index >= 15 is 0 Å². The van der Waals surface area contributed by atoms with Gasteiger partial charge in [0.05, 0.1) is 16.0 Å². The molecule has 4 rings (SSSR count). The van der Waals surface area contributed by atoms with Crippen molar-refractivity contribution in [3.05, 3.63) is 96.5 Å². The molecule has 0 aliphatic carbocycles. The molecule has 0 N–H and O–H groups in total. The number of hydrogen-bond donors (Lipinski definition) is 0. The Morgan fingerprint density at radius 1 is 0.963 bits per heavy atom. The molecular formula is C22H21N2O2S+. The molecule has 0 spiro atoms. The molecule has 2 heterocycles. The molecule has 4 nitrogen and oxygen atoms in total. The van der Waals surface area contributed by atoms with Gasteiger partial charge in [0, 0.05) is 11.6 Å². The van der Waals surface area contributed by atoms with Crippen LogP contribution in [0.2, 0.25) is 0 Å². The van der Waals surface area contributed by atoms with Gasteiger partial charge >= 0.3 is 0 Å². The second-order valence-corrected chi connectivity index (χ2v) is 8.60. The molecule has 0 amide bonds. The fourth-order valence-electron chi connectivity index (χ4n) is 3.51. The molecule has 27 heavy (non-hydrogen) atoms. The molecule has 0 saturated heterocycles. The highest BCUT2D eigenvalue weighted by Gasteiger charge is 2.33. The molecule has 1 unspecified atom stereocenters.